The van der Waals surface area contributed by atoms with E-state index < -0.39 is 5.92 Å². The molecule has 1 saturated carbocycles. The van der Waals surface area contributed by atoms with Crippen LogP contribution < -0.4 is 5.32 Å². The second-order valence-corrected chi connectivity index (χ2v) is 5.78. The molecule has 1 aliphatic heterocycles. The lowest BCUT2D eigenvalue weighted by Crippen LogP contribution is -2.37. The van der Waals surface area contributed by atoms with Gasteiger partial charge in [0.2, 0.25) is 11.8 Å². The molecule has 2 amide bonds. The number of amides is 2. The number of nitrogens with one attached hydrogen (secondary N) is 1. The summed E-state index contributed by atoms with van der Waals surface area (Å²) in [5, 5.41) is 2.91. The van der Waals surface area contributed by atoms with Gasteiger partial charge in [-0.15, -0.1) is 0 Å². The first-order chi connectivity index (χ1) is 9.74. The predicted molar refractivity (Wildman–Crippen MR) is 75.7 cm³/mol. The summed E-state index contributed by atoms with van der Waals surface area (Å²) >= 11 is 0. The molecule has 1 aromatic carbocycles. The van der Waals surface area contributed by atoms with Crippen LogP contribution in [0.2, 0.25) is 0 Å². The molecule has 1 atom stereocenters. The second-order valence-electron chi connectivity index (χ2n) is 5.78. The van der Waals surface area contributed by atoms with Crippen molar-refractivity contribution in [3.05, 3.63) is 35.9 Å². The average molecular weight is 272 g/mol. The van der Waals surface area contributed by atoms with Gasteiger partial charge in [0.15, 0.2) is 0 Å². The Morgan fingerprint density at radius 3 is 2.65 bits per heavy atom. The van der Waals surface area contributed by atoms with Crippen LogP contribution >= 0.6 is 0 Å². The minimum Gasteiger partial charge on any atom is -0.355 e. The van der Waals surface area contributed by atoms with Gasteiger partial charge in [-0.3, -0.25) is 9.59 Å². The number of nitrogens with zero attached hydrogens (tertiary/aromatic N) is 1. The lowest BCUT2D eigenvalue weighted by Gasteiger charge is -2.16. The predicted octanol–water partition coefficient (Wildman–Crippen LogP) is 1.56. The molecule has 0 spiro atoms. The lowest BCUT2D eigenvalue weighted by molar-refractivity contribution is -0.138. The molecule has 0 bridgehead atoms. The molecule has 2 fully saturated rings. The summed E-state index contributed by atoms with van der Waals surface area (Å²) in [5.74, 6) is 0.0629. The van der Waals surface area contributed by atoms with Crippen molar-refractivity contribution in [3.63, 3.8) is 0 Å². The number of hydrogen-bond acceptors (Lipinski definition) is 2. The molecule has 106 valence electrons. The third-order valence-electron chi connectivity index (χ3n) is 4.09. The number of carbonyl (C=O) groups excluding carboxylic acids is 2. The Bertz CT molecular complexity index is 496. The van der Waals surface area contributed by atoms with Crippen LogP contribution in [-0.4, -0.2) is 29.8 Å². The van der Waals surface area contributed by atoms with Crippen molar-refractivity contribution in [2.45, 2.75) is 25.8 Å². The van der Waals surface area contributed by atoms with Crippen molar-refractivity contribution < 1.29 is 9.59 Å². The Morgan fingerprint density at radius 2 is 1.95 bits per heavy atom. The van der Waals surface area contributed by atoms with E-state index in [1.54, 1.807) is 4.90 Å². The molecule has 1 heterocycles. The number of rotatable bonds is 5. The van der Waals surface area contributed by atoms with Crippen LogP contribution in [0, 0.1) is 11.8 Å². The van der Waals surface area contributed by atoms with E-state index in [0.717, 1.165) is 12.1 Å². The number of hydrogen-bond donors (Lipinski definition) is 1. The Hall–Kier alpha value is -1.84. The van der Waals surface area contributed by atoms with Crippen LogP contribution in [0.15, 0.2) is 30.3 Å². The zero-order chi connectivity index (χ0) is 13.9. The maximum Gasteiger partial charge on any atom is 0.235 e. The van der Waals surface area contributed by atoms with Crippen molar-refractivity contribution >= 4 is 11.8 Å². The normalized spacial score (nSPS) is 22.1. The van der Waals surface area contributed by atoms with Gasteiger partial charge in [-0.25, -0.2) is 0 Å². The summed E-state index contributed by atoms with van der Waals surface area (Å²) in [6.45, 7) is 2.02. The van der Waals surface area contributed by atoms with Gasteiger partial charge >= 0.3 is 0 Å². The molecule has 2 aliphatic rings. The van der Waals surface area contributed by atoms with Gasteiger partial charge < -0.3 is 10.2 Å². The molecule has 1 N–H and O–H groups in total. The van der Waals surface area contributed by atoms with Gasteiger partial charge in [-0.1, -0.05) is 30.3 Å². The van der Waals surface area contributed by atoms with Crippen molar-refractivity contribution in [2.75, 3.05) is 13.1 Å². The highest BCUT2D eigenvalue weighted by atomic mass is 16.2. The molecule has 1 unspecified atom stereocenters. The largest absolute Gasteiger partial charge is 0.355 e. The summed E-state index contributed by atoms with van der Waals surface area (Å²) in [6, 6.07) is 9.91. The topological polar surface area (TPSA) is 49.4 Å². The Labute approximate surface area is 119 Å². The van der Waals surface area contributed by atoms with Gasteiger partial charge in [0, 0.05) is 19.6 Å². The highest BCUT2D eigenvalue weighted by Gasteiger charge is 2.37. The Morgan fingerprint density at radius 1 is 1.20 bits per heavy atom. The van der Waals surface area contributed by atoms with E-state index in [1.807, 2.05) is 30.3 Å². The fourth-order valence-electron chi connectivity index (χ4n) is 2.63. The lowest BCUT2D eigenvalue weighted by atomic mass is 10.1. The van der Waals surface area contributed by atoms with Crippen LogP contribution in [0.25, 0.3) is 0 Å². The smallest absolute Gasteiger partial charge is 0.235 e. The van der Waals surface area contributed by atoms with Gasteiger partial charge in [-0.05, 0) is 30.7 Å². The standard InChI is InChI=1S/C16H20N2O2/c19-15(17-10-12-6-7-12)14-8-9-18(16(14)20)11-13-4-2-1-3-5-13/h1-5,12,14H,6-11H2,(H,17,19). The highest BCUT2D eigenvalue weighted by Crippen LogP contribution is 2.28. The van der Waals surface area contributed by atoms with Crippen molar-refractivity contribution in [3.8, 4) is 0 Å². The Kier molecular flexibility index (Phi) is 3.72. The van der Waals surface area contributed by atoms with Crippen LogP contribution in [0.3, 0.4) is 0 Å². The molecule has 1 aliphatic carbocycles. The van der Waals surface area contributed by atoms with E-state index in [9.17, 15) is 9.59 Å². The first kappa shape index (κ1) is 13.2. The van der Waals surface area contributed by atoms with Crippen molar-refractivity contribution in [1.82, 2.24) is 10.2 Å². The van der Waals surface area contributed by atoms with Gasteiger partial charge in [0.05, 0.1) is 0 Å². The maximum atomic E-state index is 12.3. The highest BCUT2D eigenvalue weighted by molar-refractivity contribution is 6.01. The fourth-order valence-corrected chi connectivity index (χ4v) is 2.63. The summed E-state index contributed by atoms with van der Waals surface area (Å²) in [4.78, 5) is 26.1. The number of benzene rings is 1. The van der Waals surface area contributed by atoms with E-state index in [1.165, 1.54) is 12.8 Å². The minimum atomic E-state index is -0.475. The molecule has 0 radical (unpaired) electrons. The van der Waals surface area contributed by atoms with Crippen molar-refractivity contribution in [2.24, 2.45) is 11.8 Å². The summed E-state index contributed by atoms with van der Waals surface area (Å²) < 4.78 is 0. The summed E-state index contributed by atoms with van der Waals surface area (Å²) in [5.41, 5.74) is 1.11. The first-order valence-electron chi connectivity index (χ1n) is 7.34. The van der Waals surface area contributed by atoms with E-state index in [0.29, 0.717) is 25.4 Å². The molecule has 0 aromatic heterocycles. The van der Waals surface area contributed by atoms with Crippen LogP contribution in [-0.2, 0) is 16.1 Å². The van der Waals surface area contributed by atoms with Gasteiger partial charge in [0.1, 0.15) is 5.92 Å². The van der Waals surface area contributed by atoms with E-state index >= 15 is 0 Å². The molecule has 4 heteroatoms. The molecule has 3 rings (SSSR count). The zero-order valence-corrected chi connectivity index (χ0v) is 11.5. The number of carbonyl (C=O) groups is 2. The maximum absolute atomic E-state index is 12.3. The van der Waals surface area contributed by atoms with Gasteiger partial charge in [0.25, 0.3) is 0 Å². The van der Waals surface area contributed by atoms with Gasteiger partial charge in [-0.2, -0.15) is 0 Å². The summed E-state index contributed by atoms with van der Waals surface area (Å²) in [7, 11) is 0. The monoisotopic (exact) mass is 272 g/mol. The molecular formula is C16H20N2O2. The quantitative estimate of drug-likeness (QED) is 0.827. The van der Waals surface area contributed by atoms with E-state index in [-0.39, 0.29) is 11.8 Å². The number of likely N-dealkylation sites (tertiary alicyclic amines) is 1. The molecule has 1 aromatic rings. The van der Waals surface area contributed by atoms with E-state index in [4.69, 9.17) is 0 Å². The van der Waals surface area contributed by atoms with Crippen molar-refractivity contribution in [1.29, 1.82) is 0 Å². The average Bonchev–Trinajstić information content (AvgIpc) is 3.23. The third kappa shape index (κ3) is 3.00. The third-order valence-corrected chi connectivity index (χ3v) is 4.09. The minimum absolute atomic E-state index is 0.0258. The van der Waals surface area contributed by atoms with Crippen LogP contribution in [0.4, 0.5) is 0 Å². The molecule has 4 nitrogen and oxygen atoms in total. The second kappa shape index (κ2) is 5.65. The van der Waals surface area contributed by atoms with Crippen LogP contribution in [0.1, 0.15) is 24.8 Å². The first-order valence-corrected chi connectivity index (χ1v) is 7.34. The summed E-state index contributed by atoms with van der Waals surface area (Å²) in [6.07, 6.45) is 3.06. The van der Waals surface area contributed by atoms with E-state index in [2.05, 4.69) is 5.32 Å². The zero-order valence-electron chi connectivity index (χ0n) is 11.5. The molecule has 1 saturated heterocycles. The molecular weight excluding hydrogens is 252 g/mol. The van der Waals surface area contributed by atoms with Crippen LogP contribution in [0.5, 0.6) is 0 Å². The SMILES string of the molecule is O=C(NCC1CC1)C1CCN(Cc2ccccc2)C1=O. The fraction of sp³-hybridized carbons (Fsp3) is 0.500. The molecule has 20 heavy (non-hydrogen) atoms. The Balaban J connectivity index is 1.54.